The number of alkyl halides is 1. The minimum absolute atomic E-state index is 0.153. The lowest BCUT2D eigenvalue weighted by Gasteiger charge is -2.09. The standard InChI is InChI=1S/C14H13BrN4O/c1-8-14(20)18-11-6-9(7-15)5-10(13(11)17-8)12-3-4-16-19(12)2/h3-6H,7H2,1-2H3,(H,18,20). The van der Waals surface area contributed by atoms with Crippen LogP contribution in [0, 0.1) is 6.92 Å². The van der Waals surface area contributed by atoms with Crippen LogP contribution in [0.4, 0.5) is 0 Å². The number of aromatic nitrogens is 4. The first-order chi connectivity index (χ1) is 9.60. The van der Waals surface area contributed by atoms with E-state index in [4.69, 9.17) is 0 Å². The Morgan fingerprint density at radius 2 is 2.20 bits per heavy atom. The van der Waals surface area contributed by atoms with Crippen LogP contribution in [0.5, 0.6) is 0 Å². The van der Waals surface area contributed by atoms with E-state index in [0.717, 1.165) is 27.9 Å². The second-order valence-electron chi connectivity index (χ2n) is 4.66. The fourth-order valence-corrected chi connectivity index (χ4v) is 2.58. The quantitative estimate of drug-likeness (QED) is 0.733. The van der Waals surface area contributed by atoms with Gasteiger partial charge in [-0.1, -0.05) is 15.9 Å². The van der Waals surface area contributed by atoms with Gasteiger partial charge >= 0.3 is 0 Å². The molecule has 2 aromatic heterocycles. The molecular weight excluding hydrogens is 320 g/mol. The number of aromatic amines is 1. The molecule has 0 unspecified atom stereocenters. The van der Waals surface area contributed by atoms with E-state index in [-0.39, 0.29) is 5.56 Å². The average Bonchev–Trinajstić information content (AvgIpc) is 2.85. The Labute approximate surface area is 123 Å². The molecule has 0 radical (unpaired) electrons. The van der Waals surface area contributed by atoms with Crippen molar-refractivity contribution in [1.29, 1.82) is 0 Å². The molecule has 1 N–H and O–H groups in total. The van der Waals surface area contributed by atoms with Crippen molar-refractivity contribution in [3.63, 3.8) is 0 Å². The highest BCUT2D eigenvalue weighted by molar-refractivity contribution is 9.08. The lowest BCUT2D eigenvalue weighted by atomic mass is 10.1. The average molecular weight is 333 g/mol. The van der Waals surface area contributed by atoms with Gasteiger partial charge in [0.2, 0.25) is 0 Å². The lowest BCUT2D eigenvalue weighted by molar-refractivity contribution is 0.776. The van der Waals surface area contributed by atoms with Crippen LogP contribution in [0.25, 0.3) is 22.3 Å². The Balaban J connectivity index is 2.43. The SMILES string of the molecule is Cc1nc2c(-c3ccnn3C)cc(CBr)cc2[nH]c1=O. The zero-order valence-electron chi connectivity index (χ0n) is 11.1. The van der Waals surface area contributed by atoms with Gasteiger partial charge in [-0.15, -0.1) is 0 Å². The van der Waals surface area contributed by atoms with Crippen molar-refractivity contribution in [1.82, 2.24) is 19.7 Å². The Kier molecular flexibility index (Phi) is 3.17. The molecule has 0 amide bonds. The Morgan fingerprint density at radius 3 is 2.85 bits per heavy atom. The summed E-state index contributed by atoms with van der Waals surface area (Å²) in [4.78, 5) is 19.1. The van der Waals surface area contributed by atoms with E-state index < -0.39 is 0 Å². The normalized spacial score (nSPS) is 11.2. The molecule has 102 valence electrons. The second-order valence-corrected chi connectivity index (χ2v) is 5.23. The summed E-state index contributed by atoms with van der Waals surface area (Å²) in [7, 11) is 1.89. The van der Waals surface area contributed by atoms with Crippen molar-refractivity contribution in [3.8, 4) is 11.3 Å². The largest absolute Gasteiger partial charge is 0.319 e. The molecule has 0 atom stereocenters. The monoisotopic (exact) mass is 332 g/mol. The van der Waals surface area contributed by atoms with E-state index in [1.807, 2.05) is 19.2 Å². The summed E-state index contributed by atoms with van der Waals surface area (Å²) in [5.74, 6) is 0. The smallest absolute Gasteiger partial charge is 0.269 e. The molecule has 0 bridgehead atoms. The first-order valence-electron chi connectivity index (χ1n) is 6.18. The molecular formula is C14H13BrN4O. The van der Waals surface area contributed by atoms with Gasteiger partial charge in [-0.25, -0.2) is 4.98 Å². The van der Waals surface area contributed by atoms with Gasteiger partial charge in [-0.3, -0.25) is 9.48 Å². The summed E-state index contributed by atoms with van der Waals surface area (Å²) in [6.45, 7) is 1.71. The van der Waals surface area contributed by atoms with E-state index in [1.54, 1.807) is 17.8 Å². The van der Waals surface area contributed by atoms with Crippen LogP contribution in [0.3, 0.4) is 0 Å². The van der Waals surface area contributed by atoms with Crippen LogP contribution in [0.2, 0.25) is 0 Å². The number of hydrogen-bond acceptors (Lipinski definition) is 3. The molecule has 0 spiro atoms. The van der Waals surface area contributed by atoms with Crippen LogP contribution < -0.4 is 5.56 Å². The van der Waals surface area contributed by atoms with E-state index in [0.29, 0.717) is 11.0 Å². The molecule has 0 aliphatic heterocycles. The summed E-state index contributed by atoms with van der Waals surface area (Å²) in [5, 5.41) is 4.91. The Morgan fingerprint density at radius 1 is 1.40 bits per heavy atom. The molecule has 2 heterocycles. The fraction of sp³-hybridized carbons (Fsp3) is 0.214. The third-order valence-corrected chi connectivity index (χ3v) is 3.92. The van der Waals surface area contributed by atoms with Gasteiger partial charge < -0.3 is 4.98 Å². The van der Waals surface area contributed by atoms with Gasteiger partial charge in [0, 0.05) is 24.1 Å². The first kappa shape index (κ1) is 13.1. The van der Waals surface area contributed by atoms with Crippen molar-refractivity contribution in [2.45, 2.75) is 12.3 Å². The van der Waals surface area contributed by atoms with Crippen LogP contribution in [-0.2, 0) is 12.4 Å². The third kappa shape index (κ3) is 2.06. The number of benzene rings is 1. The van der Waals surface area contributed by atoms with Crippen LogP contribution in [0.1, 0.15) is 11.3 Å². The fourth-order valence-electron chi connectivity index (χ4n) is 2.25. The highest BCUT2D eigenvalue weighted by atomic mass is 79.9. The number of hydrogen-bond donors (Lipinski definition) is 1. The number of nitrogens with zero attached hydrogens (tertiary/aromatic N) is 3. The van der Waals surface area contributed by atoms with Gasteiger partial charge in [-0.05, 0) is 30.7 Å². The maximum atomic E-state index is 11.8. The number of rotatable bonds is 2. The zero-order valence-corrected chi connectivity index (χ0v) is 12.7. The zero-order chi connectivity index (χ0) is 14.3. The van der Waals surface area contributed by atoms with Gasteiger partial charge in [0.05, 0.1) is 16.7 Å². The first-order valence-corrected chi connectivity index (χ1v) is 7.30. The highest BCUT2D eigenvalue weighted by Gasteiger charge is 2.12. The minimum atomic E-state index is -0.153. The van der Waals surface area contributed by atoms with Crippen LogP contribution in [0.15, 0.2) is 29.2 Å². The molecule has 5 nitrogen and oxygen atoms in total. The molecule has 20 heavy (non-hydrogen) atoms. The number of nitrogens with one attached hydrogen (secondary N) is 1. The predicted molar refractivity (Wildman–Crippen MR) is 81.9 cm³/mol. The molecule has 1 aromatic carbocycles. The Hall–Kier alpha value is -1.95. The third-order valence-electron chi connectivity index (χ3n) is 3.28. The van der Waals surface area contributed by atoms with Gasteiger partial charge in [0.1, 0.15) is 5.69 Å². The molecule has 0 fully saturated rings. The highest BCUT2D eigenvalue weighted by Crippen LogP contribution is 2.28. The number of aryl methyl sites for hydroxylation is 2. The predicted octanol–water partition coefficient (Wildman–Crippen LogP) is 2.53. The minimum Gasteiger partial charge on any atom is -0.319 e. The van der Waals surface area contributed by atoms with E-state index >= 15 is 0 Å². The Bertz CT molecular complexity index is 850. The molecule has 0 saturated heterocycles. The molecule has 0 saturated carbocycles. The molecule has 3 rings (SSSR count). The van der Waals surface area contributed by atoms with Gasteiger partial charge in [0.25, 0.3) is 5.56 Å². The summed E-state index contributed by atoms with van der Waals surface area (Å²) < 4.78 is 1.80. The topological polar surface area (TPSA) is 63.6 Å². The molecule has 6 heteroatoms. The van der Waals surface area contributed by atoms with Crippen LogP contribution in [-0.4, -0.2) is 19.7 Å². The van der Waals surface area contributed by atoms with Crippen molar-refractivity contribution in [2.75, 3.05) is 0 Å². The van der Waals surface area contributed by atoms with Crippen molar-refractivity contribution in [2.24, 2.45) is 7.05 Å². The summed E-state index contributed by atoms with van der Waals surface area (Å²) in [6, 6.07) is 5.95. The molecule has 0 aliphatic carbocycles. The van der Waals surface area contributed by atoms with Crippen molar-refractivity contribution < 1.29 is 0 Å². The van der Waals surface area contributed by atoms with Gasteiger partial charge in [-0.2, -0.15) is 5.10 Å². The summed E-state index contributed by atoms with van der Waals surface area (Å²) >= 11 is 3.46. The number of halogens is 1. The lowest BCUT2D eigenvalue weighted by Crippen LogP contribution is -2.12. The van der Waals surface area contributed by atoms with E-state index in [1.165, 1.54) is 0 Å². The van der Waals surface area contributed by atoms with E-state index in [9.17, 15) is 4.79 Å². The maximum absolute atomic E-state index is 11.8. The second kappa shape index (κ2) is 4.86. The van der Waals surface area contributed by atoms with Crippen LogP contribution >= 0.6 is 15.9 Å². The van der Waals surface area contributed by atoms with Crippen molar-refractivity contribution in [3.05, 3.63) is 46.0 Å². The van der Waals surface area contributed by atoms with Crippen molar-refractivity contribution >= 4 is 27.0 Å². The van der Waals surface area contributed by atoms with E-state index in [2.05, 4.69) is 37.1 Å². The van der Waals surface area contributed by atoms with Gasteiger partial charge in [0.15, 0.2) is 0 Å². The summed E-state index contributed by atoms with van der Waals surface area (Å²) in [6.07, 6.45) is 1.75. The maximum Gasteiger partial charge on any atom is 0.269 e. The number of H-pyrrole nitrogens is 1. The number of fused-ring (bicyclic) bond motifs is 1. The molecule has 0 aliphatic rings. The molecule has 3 aromatic rings. The summed E-state index contributed by atoms with van der Waals surface area (Å²) in [5.41, 5.74) is 4.86.